The molecule has 0 bridgehead atoms. The number of halogens is 1. The first kappa shape index (κ1) is 20.3. The summed E-state index contributed by atoms with van der Waals surface area (Å²) < 4.78 is 1.33. The van der Waals surface area contributed by atoms with Crippen LogP contribution in [0.4, 0.5) is 0 Å². The van der Waals surface area contributed by atoms with E-state index < -0.39 is 13.2 Å². The summed E-state index contributed by atoms with van der Waals surface area (Å²) in [6, 6.07) is -0.420. The summed E-state index contributed by atoms with van der Waals surface area (Å²) >= 11 is 0. The summed E-state index contributed by atoms with van der Waals surface area (Å²) in [5, 5.41) is 31.1. The minimum absolute atomic E-state index is 0. The molecule has 1 rings (SSSR count). The van der Waals surface area contributed by atoms with Crippen LogP contribution >= 0.6 is 12.4 Å². The number of aromatic nitrogens is 4. The number of rotatable bonds is 9. The summed E-state index contributed by atoms with van der Waals surface area (Å²) in [5.74, 6) is 2.42. The highest BCUT2D eigenvalue weighted by molar-refractivity contribution is 6.40. The summed E-state index contributed by atoms with van der Waals surface area (Å²) in [7, 11) is -1.30. The highest BCUT2D eigenvalue weighted by atomic mass is 35.5. The van der Waals surface area contributed by atoms with Gasteiger partial charge in [-0.15, -0.1) is 23.9 Å². The van der Waals surface area contributed by atoms with Gasteiger partial charge in [-0.1, -0.05) is 18.8 Å². The molecule has 1 amide bonds. The molecule has 1 aromatic heterocycles. The van der Waals surface area contributed by atoms with Crippen LogP contribution in [-0.4, -0.2) is 49.8 Å². The molecule has 1 heterocycles. The number of amides is 1. The van der Waals surface area contributed by atoms with Crippen LogP contribution in [0, 0.1) is 12.3 Å². The highest BCUT2D eigenvalue weighted by Crippen LogP contribution is 2.14. The van der Waals surface area contributed by atoms with Crippen LogP contribution in [0.5, 0.6) is 0 Å². The van der Waals surface area contributed by atoms with E-state index in [1.165, 1.54) is 4.68 Å². The number of carbonyl (C=O) groups excluding carboxylic acids is 1. The predicted molar refractivity (Wildman–Crippen MR) is 82.7 cm³/mol. The van der Waals surface area contributed by atoms with Crippen molar-refractivity contribution in [2.45, 2.75) is 38.2 Å². The average molecular weight is 331 g/mol. The Morgan fingerprint density at radius 3 is 2.86 bits per heavy atom. The quantitative estimate of drug-likeness (QED) is 0.245. The number of unbranched alkanes of at least 4 members (excludes halogenated alkanes) is 1. The molecule has 0 saturated heterocycles. The molecule has 0 saturated carbocycles. The first-order valence-electron chi connectivity index (χ1n) is 6.62. The van der Waals surface area contributed by atoms with E-state index in [-0.39, 0.29) is 31.4 Å². The van der Waals surface area contributed by atoms with Crippen LogP contribution in [0.2, 0.25) is 6.32 Å². The Morgan fingerprint density at radius 1 is 1.50 bits per heavy atom. The van der Waals surface area contributed by atoms with Crippen molar-refractivity contribution in [1.82, 2.24) is 25.5 Å². The minimum Gasteiger partial charge on any atom is -0.427 e. The topological polar surface area (TPSA) is 139 Å². The number of tetrazole rings is 1. The van der Waals surface area contributed by atoms with E-state index in [0.29, 0.717) is 31.4 Å². The van der Waals surface area contributed by atoms with Gasteiger partial charge in [0.25, 0.3) is 0 Å². The lowest BCUT2D eigenvalue weighted by molar-refractivity contribution is -0.121. The maximum absolute atomic E-state index is 11.6. The van der Waals surface area contributed by atoms with Crippen LogP contribution in [0.15, 0.2) is 0 Å². The lowest BCUT2D eigenvalue weighted by atomic mass is 9.83. The molecule has 0 aliphatic rings. The highest BCUT2D eigenvalue weighted by Gasteiger charge is 2.17. The Hall–Kier alpha value is -1.67. The zero-order chi connectivity index (χ0) is 15.7. The monoisotopic (exact) mass is 330 g/mol. The van der Waals surface area contributed by atoms with E-state index in [0.717, 1.165) is 0 Å². The van der Waals surface area contributed by atoms with Gasteiger partial charge in [-0.05, 0) is 23.2 Å². The first-order chi connectivity index (χ1) is 10.0. The van der Waals surface area contributed by atoms with Crippen molar-refractivity contribution in [1.29, 1.82) is 0 Å². The van der Waals surface area contributed by atoms with Gasteiger partial charge in [0.1, 0.15) is 6.54 Å². The molecule has 5 N–H and O–H groups in total. The number of hydrogen-bond acceptors (Lipinski definition) is 7. The molecule has 0 fully saturated rings. The van der Waals surface area contributed by atoms with Gasteiger partial charge in [0.2, 0.25) is 5.91 Å². The van der Waals surface area contributed by atoms with Crippen molar-refractivity contribution in [3.63, 3.8) is 0 Å². The van der Waals surface area contributed by atoms with Gasteiger partial charge < -0.3 is 21.1 Å². The van der Waals surface area contributed by atoms with E-state index in [2.05, 4.69) is 26.8 Å². The van der Waals surface area contributed by atoms with Gasteiger partial charge >= 0.3 is 7.12 Å². The maximum atomic E-state index is 11.6. The van der Waals surface area contributed by atoms with E-state index in [4.69, 9.17) is 22.2 Å². The fraction of sp³-hybridized carbons (Fsp3) is 0.636. The number of terminal acetylenes is 1. The molecule has 22 heavy (non-hydrogen) atoms. The fourth-order valence-electron chi connectivity index (χ4n) is 1.75. The van der Waals surface area contributed by atoms with Crippen molar-refractivity contribution in [2.75, 3.05) is 6.54 Å². The van der Waals surface area contributed by atoms with Gasteiger partial charge in [-0.2, -0.15) is 0 Å². The van der Waals surface area contributed by atoms with Gasteiger partial charge in [0.05, 0.1) is 12.6 Å². The third-order valence-corrected chi connectivity index (χ3v) is 2.80. The molecule has 0 aromatic carbocycles. The number of carbonyl (C=O) groups is 1. The van der Waals surface area contributed by atoms with Crippen LogP contribution < -0.4 is 11.1 Å². The molecule has 0 unspecified atom stereocenters. The molecule has 11 heteroatoms. The summed E-state index contributed by atoms with van der Waals surface area (Å²) in [6.07, 6.45) is 7.27. The van der Waals surface area contributed by atoms with Gasteiger partial charge in [0, 0.05) is 0 Å². The maximum Gasteiger partial charge on any atom is 0.451 e. The summed E-state index contributed by atoms with van der Waals surface area (Å²) in [4.78, 5) is 11.6. The second-order valence-corrected chi connectivity index (χ2v) is 4.55. The van der Waals surface area contributed by atoms with Crippen molar-refractivity contribution < 1.29 is 14.8 Å². The Balaban J connectivity index is 0.00000441. The number of nitrogens with zero attached hydrogens (tertiary/aromatic N) is 4. The largest absolute Gasteiger partial charge is 0.451 e. The van der Waals surface area contributed by atoms with Crippen LogP contribution in [0.25, 0.3) is 0 Å². The molecule has 0 spiro atoms. The molecule has 0 radical (unpaired) electrons. The molecule has 9 nitrogen and oxygen atoms in total. The standard InChI is InChI=1S/C11H19BN6O3.ClH/c1-2-7-14-10(19)8-18-11(15-16-17-18)9(13)5-3-4-6-12(20)21;/h1,9,20-21H,3-8,13H2,(H,14,19);1H/t9-;/m0./s1. The lowest BCUT2D eigenvalue weighted by Gasteiger charge is -2.11. The second kappa shape index (κ2) is 11.0. The summed E-state index contributed by atoms with van der Waals surface area (Å²) in [6.45, 7) is 0.0961. The van der Waals surface area contributed by atoms with E-state index >= 15 is 0 Å². The van der Waals surface area contributed by atoms with Crippen molar-refractivity contribution in [3.05, 3.63) is 5.82 Å². The van der Waals surface area contributed by atoms with Gasteiger partial charge in [-0.3, -0.25) is 4.79 Å². The average Bonchev–Trinajstić information content (AvgIpc) is 2.89. The third kappa shape index (κ3) is 7.37. The molecule has 1 aromatic rings. The van der Waals surface area contributed by atoms with Crippen molar-refractivity contribution in [3.8, 4) is 12.3 Å². The molecule has 0 aliphatic heterocycles. The normalized spacial score (nSPS) is 11.2. The predicted octanol–water partition coefficient (Wildman–Crippen LogP) is -1.51. The molecule has 1 atom stereocenters. The van der Waals surface area contributed by atoms with E-state index in [9.17, 15) is 4.79 Å². The third-order valence-electron chi connectivity index (χ3n) is 2.80. The lowest BCUT2D eigenvalue weighted by Crippen LogP contribution is -2.30. The second-order valence-electron chi connectivity index (χ2n) is 4.55. The van der Waals surface area contributed by atoms with Crippen LogP contribution in [-0.2, 0) is 11.3 Å². The van der Waals surface area contributed by atoms with Crippen molar-refractivity contribution in [2.24, 2.45) is 5.73 Å². The number of nitrogens with one attached hydrogen (secondary N) is 1. The zero-order valence-corrected chi connectivity index (χ0v) is 12.9. The van der Waals surface area contributed by atoms with E-state index in [1.54, 1.807) is 0 Å². The van der Waals surface area contributed by atoms with Gasteiger partial charge in [-0.25, -0.2) is 4.68 Å². The molecular weight excluding hydrogens is 310 g/mol. The van der Waals surface area contributed by atoms with Crippen LogP contribution in [0.3, 0.4) is 0 Å². The molecule has 122 valence electrons. The minimum atomic E-state index is -1.30. The fourth-order valence-corrected chi connectivity index (χ4v) is 1.75. The smallest absolute Gasteiger partial charge is 0.427 e. The molecular formula is C11H20BClN6O3. The van der Waals surface area contributed by atoms with Gasteiger partial charge in [0.15, 0.2) is 5.82 Å². The Bertz CT molecular complexity index is 492. The van der Waals surface area contributed by atoms with E-state index in [1.807, 2.05) is 0 Å². The Kier molecular flexibility index (Phi) is 10.1. The summed E-state index contributed by atoms with van der Waals surface area (Å²) in [5.41, 5.74) is 5.98. The Morgan fingerprint density at radius 2 is 2.23 bits per heavy atom. The first-order valence-corrected chi connectivity index (χ1v) is 6.62. The molecule has 0 aliphatic carbocycles. The van der Waals surface area contributed by atoms with Crippen LogP contribution in [0.1, 0.15) is 31.1 Å². The SMILES string of the molecule is C#CCNC(=O)Cn1nnnc1[C@@H](N)CCCCB(O)O.Cl. The Labute approximate surface area is 135 Å². The zero-order valence-electron chi connectivity index (χ0n) is 12.1. The number of nitrogens with two attached hydrogens (primary N) is 1. The van der Waals surface area contributed by atoms with Crippen molar-refractivity contribution >= 4 is 25.4 Å². The number of hydrogen-bond donors (Lipinski definition) is 4.